The van der Waals surface area contributed by atoms with Crippen molar-refractivity contribution in [3.8, 4) is 0 Å². The highest BCUT2D eigenvalue weighted by molar-refractivity contribution is 9.10. The molecule has 17 heavy (non-hydrogen) atoms. The number of aromatic nitrogens is 3. The van der Waals surface area contributed by atoms with Crippen molar-refractivity contribution in [3.63, 3.8) is 0 Å². The van der Waals surface area contributed by atoms with E-state index in [1.165, 1.54) is 0 Å². The van der Waals surface area contributed by atoms with Crippen LogP contribution in [0.1, 0.15) is 22.9 Å². The lowest BCUT2D eigenvalue weighted by Gasteiger charge is -2.11. The molecule has 90 valence electrons. The van der Waals surface area contributed by atoms with Crippen molar-refractivity contribution >= 4 is 15.9 Å². The van der Waals surface area contributed by atoms with Crippen LogP contribution >= 0.6 is 15.9 Å². The normalized spacial score (nSPS) is 12.7. The van der Waals surface area contributed by atoms with E-state index in [4.69, 9.17) is 5.73 Å². The molecular formula is C12H15BrN4. The van der Waals surface area contributed by atoms with E-state index in [1.54, 1.807) is 6.20 Å². The fourth-order valence-corrected chi connectivity index (χ4v) is 2.22. The van der Waals surface area contributed by atoms with Crippen molar-refractivity contribution in [1.29, 1.82) is 0 Å². The lowest BCUT2D eigenvalue weighted by molar-refractivity contribution is 0.699. The molecule has 0 aliphatic heterocycles. The molecule has 2 N–H and O–H groups in total. The van der Waals surface area contributed by atoms with E-state index in [0.29, 0.717) is 0 Å². The van der Waals surface area contributed by atoms with Gasteiger partial charge >= 0.3 is 0 Å². The molecule has 2 aromatic rings. The molecule has 1 atom stereocenters. The van der Waals surface area contributed by atoms with Gasteiger partial charge in [0.1, 0.15) is 0 Å². The minimum atomic E-state index is -0.0419. The smallest absolute Gasteiger partial charge is 0.0540 e. The molecule has 0 spiro atoms. The largest absolute Gasteiger partial charge is 0.324 e. The zero-order valence-electron chi connectivity index (χ0n) is 9.89. The first-order chi connectivity index (χ1) is 8.08. The summed E-state index contributed by atoms with van der Waals surface area (Å²) >= 11 is 3.41. The maximum atomic E-state index is 6.19. The molecule has 0 aliphatic rings. The van der Waals surface area contributed by atoms with Gasteiger partial charge in [0.25, 0.3) is 0 Å². The van der Waals surface area contributed by atoms with Gasteiger partial charge in [-0.25, -0.2) is 0 Å². The Labute approximate surface area is 109 Å². The molecule has 0 radical (unpaired) electrons. The minimum absolute atomic E-state index is 0.0419. The molecule has 0 aliphatic carbocycles. The number of halogens is 1. The summed E-state index contributed by atoms with van der Waals surface area (Å²) in [4.78, 5) is 4.14. The number of pyridine rings is 1. The zero-order chi connectivity index (χ0) is 12.4. The van der Waals surface area contributed by atoms with Crippen LogP contribution in [0, 0.1) is 6.92 Å². The first-order valence-corrected chi connectivity index (χ1v) is 6.20. The van der Waals surface area contributed by atoms with Gasteiger partial charge in [0.15, 0.2) is 0 Å². The summed E-state index contributed by atoms with van der Waals surface area (Å²) < 4.78 is 2.82. The van der Waals surface area contributed by atoms with Gasteiger partial charge in [0.2, 0.25) is 0 Å². The van der Waals surface area contributed by atoms with Crippen LogP contribution in [-0.4, -0.2) is 14.8 Å². The molecule has 2 rings (SSSR count). The van der Waals surface area contributed by atoms with Crippen LogP contribution in [0.3, 0.4) is 0 Å². The van der Waals surface area contributed by atoms with Crippen molar-refractivity contribution in [2.45, 2.75) is 19.4 Å². The van der Waals surface area contributed by atoms with Gasteiger partial charge in [-0.15, -0.1) is 0 Å². The molecule has 1 unspecified atom stereocenters. The van der Waals surface area contributed by atoms with E-state index in [-0.39, 0.29) is 6.04 Å². The Hall–Kier alpha value is -1.20. The molecule has 0 aromatic carbocycles. The monoisotopic (exact) mass is 294 g/mol. The fraction of sp³-hybridized carbons (Fsp3) is 0.333. The van der Waals surface area contributed by atoms with Crippen molar-refractivity contribution in [3.05, 3.63) is 46.0 Å². The molecule has 5 heteroatoms. The van der Waals surface area contributed by atoms with Gasteiger partial charge in [0.05, 0.1) is 6.20 Å². The predicted molar refractivity (Wildman–Crippen MR) is 70.5 cm³/mol. The third-order valence-electron chi connectivity index (χ3n) is 2.89. The van der Waals surface area contributed by atoms with Crippen LogP contribution in [0.5, 0.6) is 0 Å². The third-order valence-corrected chi connectivity index (χ3v) is 3.32. The van der Waals surface area contributed by atoms with Gasteiger partial charge in [-0.2, -0.15) is 5.10 Å². The van der Waals surface area contributed by atoms with E-state index < -0.39 is 0 Å². The van der Waals surface area contributed by atoms with Gasteiger partial charge in [-0.1, -0.05) is 0 Å². The average Bonchev–Trinajstić information content (AvgIpc) is 2.60. The Morgan fingerprint density at radius 1 is 1.41 bits per heavy atom. The van der Waals surface area contributed by atoms with Crippen molar-refractivity contribution in [2.75, 3.05) is 0 Å². The van der Waals surface area contributed by atoms with Crippen LogP contribution in [0.2, 0.25) is 0 Å². The molecule has 4 nitrogen and oxygen atoms in total. The fourth-order valence-electron chi connectivity index (χ4n) is 1.81. The van der Waals surface area contributed by atoms with Gasteiger partial charge in [0, 0.05) is 41.2 Å². The standard InChI is InChI=1S/C12H15BrN4/c1-8-11(7-16-17(8)2)12(14)4-9-3-10(13)6-15-5-9/h3,5-7,12H,4,14H2,1-2H3. The van der Waals surface area contributed by atoms with Gasteiger partial charge in [-0.3, -0.25) is 9.67 Å². The number of aryl methyl sites for hydroxylation is 1. The molecule has 2 heterocycles. The second-order valence-corrected chi connectivity index (χ2v) is 5.05. The Morgan fingerprint density at radius 2 is 2.18 bits per heavy atom. The summed E-state index contributed by atoms with van der Waals surface area (Å²) in [6.45, 7) is 2.03. The number of hydrogen-bond acceptors (Lipinski definition) is 3. The summed E-state index contributed by atoms with van der Waals surface area (Å²) in [6, 6.07) is 2.00. The predicted octanol–water partition coefficient (Wildman–Crippen LogP) is 2.13. The maximum Gasteiger partial charge on any atom is 0.0540 e. The minimum Gasteiger partial charge on any atom is -0.324 e. The van der Waals surface area contributed by atoms with Crippen LogP contribution in [-0.2, 0) is 13.5 Å². The quantitative estimate of drug-likeness (QED) is 0.943. The second kappa shape index (κ2) is 4.98. The van der Waals surface area contributed by atoms with E-state index in [2.05, 4.69) is 26.0 Å². The second-order valence-electron chi connectivity index (χ2n) is 4.13. The number of nitrogens with zero attached hydrogens (tertiary/aromatic N) is 3. The molecule has 2 aromatic heterocycles. The first kappa shape index (κ1) is 12.3. The van der Waals surface area contributed by atoms with E-state index in [9.17, 15) is 0 Å². The Balaban J connectivity index is 2.17. The van der Waals surface area contributed by atoms with Crippen molar-refractivity contribution < 1.29 is 0 Å². The number of rotatable bonds is 3. The highest BCUT2D eigenvalue weighted by Gasteiger charge is 2.13. The topological polar surface area (TPSA) is 56.7 Å². The van der Waals surface area contributed by atoms with Crippen molar-refractivity contribution in [2.24, 2.45) is 12.8 Å². The summed E-state index contributed by atoms with van der Waals surface area (Å²) in [5.74, 6) is 0. The van der Waals surface area contributed by atoms with Crippen molar-refractivity contribution in [1.82, 2.24) is 14.8 Å². The molecule has 0 saturated carbocycles. The Morgan fingerprint density at radius 3 is 2.76 bits per heavy atom. The lowest BCUT2D eigenvalue weighted by Crippen LogP contribution is -2.14. The van der Waals surface area contributed by atoms with E-state index in [1.807, 2.05) is 37.1 Å². The van der Waals surface area contributed by atoms with E-state index >= 15 is 0 Å². The van der Waals surface area contributed by atoms with Crippen LogP contribution in [0.4, 0.5) is 0 Å². The SMILES string of the molecule is Cc1c(C(N)Cc2cncc(Br)c2)cnn1C. The summed E-state index contributed by atoms with van der Waals surface area (Å²) in [5.41, 5.74) is 9.52. The van der Waals surface area contributed by atoms with Crippen LogP contribution < -0.4 is 5.73 Å². The maximum absolute atomic E-state index is 6.19. The summed E-state index contributed by atoms with van der Waals surface area (Å²) in [5, 5.41) is 4.21. The Kier molecular flexibility index (Phi) is 3.59. The van der Waals surface area contributed by atoms with Crippen LogP contribution in [0.25, 0.3) is 0 Å². The number of nitrogens with two attached hydrogens (primary N) is 1. The Bertz CT molecular complexity index is 521. The molecular weight excluding hydrogens is 280 g/mol. The summed E-state index contributed by atoms with van der Waals surface area (Å²) in [6.07, 6.45) is 6.21. The zero-order valence-corrected chi connectivity index (χ0v) is 11.5. The summed E-state index contributed by atoms with van der Waals surface area (Å²) in [7, 11) is 1.92. The molecule has 0 bridgehead atoms. The number of hydrogen-bond donors (Lipinski definition) is 1. The lowest BCUT2D eigenvalue weighted by atomic mass is 10.0. The highest BCUT2D eigenvalue weighted by Crippen LogP contribution is 2.20. The molecule has 0 amide bonds. The molecule has 0 saturated heterocycles. The highest BCUT2D eigenvalue weighted by atomic mass is 79.9. The third kappa shape index (κ3) is 2.73. The van der Waals surface area contributed by atoms with E-state index in [0.717, 1.165) is 27.7 Å². The van der Waals surface area contributed by atoms with Gasteiger partial charge in [-0.05, 0) is 40.9 Å². The van der Waals surface area contributed by atoms with Gasteiger partial charge < -0.3 is 5.73 Å². The average molecular weight is 295 g/mol. The van der Waals surface area contributed by atoms with Crippen LogP contribution in [0.15, 0.2) is 29.1 Å². The molecule has 0 fully saturated rings. The first-order valence-electron chi connectivity index (χ1n) is 5.41.